The molecule has 1 aromatic rings. The molecule has 1 amide bonds. The number of rotatable bonds is 5. The fourth-order valence-electron chi connectivity index (χ4n) is 1.10. The Bertz CT molecular complexity index is 294. The van der Waals surface area contributed by atoms with Gasteiger partial charge in [0.2, 0.25) is 5.91 Å². The van der Waals surface area contributed by atoms with Gasteiger partial charge >= 0.3 is 0 Å². The number of H-pyrrole nitrogens is 1. The van der Waals surface area contributed by atoms with Crippen LogP contribution in [-0.2, 0) is 11.3 Å². The van der Waals surface area contributed by atoms with Crippen LogP contribution < -0.4 is 11.1 Å². The van der Waals surface area contributed by atoms with Crippen LogP contribution in [-0.4, -0.2) is 22.1 Å². The van der Waals surface area contributed by atoms with Crippen LogP contribution in [0.5, 0.6) is 0 Å². The predicted molar refractivity (Wildman–Crippen MR) is 57.9 cm³/mol. The summed E-state index contributed by atoms with van der Waals surface area (Å²) in [5, 5.41) is 9.34. The van der Waals surface area contributed by atoms with Gasteiger partial charge < -0.3 is 11.1 Å². The molecule has 0 fully saturated rings. The Morgan fingerprint density at radius 2 is 2.40 bits per heavy atom. The average molecular weight is 210 g/mol. The van der Waals surface area contributed by atoms with Gasteiger partial charge in [-0.15, -0.1) is 0 Å². The van der Waals surface area contributed by atoms with Gasteiger partial charge in [-0.1, -0.05) is 13.8 Å². The smallest absolute Gasteiger partial charge is 0.221 e. The van der Waals surface area contributed by atoms with Crippen LogP contribution in [0.1, 0.15) is 26.0 Å². The summed E-state index contributed by atoms with van der Waals surface area (Å²) < 4.78 is 0. The minimum atomic E-state index is -0.0771. The summed E-state index contributed by atoms with van der Waals surface area (Å²) in [7, 11) is 0. The number of nitrogens with one attached hydrogen (secondary N) is 2. The minimum Gasteiger partial charge on any atom is -0.350 e. The fraction of sp³-hybridized carbons (Fsp3) is 0.600. The van der Waals surface area contributed by atoms with E-state index in [0.717, 1.165) is 5.69 Å². The molecule has 1 heterocycles. The number of nitrogens with zero attached hydrogens (tertiary/aromatic N) is 1. The SMILES string of the molecule is CC(C)C(N)CC(=O)NCc1ccn[nH]1. The van der Waals surface area contributed by atoms with Crippen LogP contribution in [0.3, 0.4) is 0 Å². The molecule has 84 valence electrons. The van der Waals surface area contributed by atoms with Crippen LogP contribution in [0.4, 0.5) is 0 Å². The van der Waals surface area contributed by atoms with Crippen molar-refractivity contribution >= 4 is 5.91 Å². The maximum atomic E-state index is 11.4. The minimum absolute atomic E-state index is 0.0224. The van der Waals surface area contributed by atoms with E-state index in [2.05, 4.69) is 15.5 Å². The van der Waals surface area contributed by atoms with Gasteiger partial charge in [0.05, 0.1) is 12.2 Å². The predicted octanol–water partition coefficient (Wildman–Crippen LogP) is 0.399. The molecule has 1 rings (SSSR count). The van der Waals surface area contributed by atoms with E-state index in [1.807, 2.05) is 19.9 Å². The second-order valence-electron chi connectivity index (χ2n) is 3.97. The molecule has 5 nitrogen and oxygen atoms in total. The van der Waals surface area contributed by atoms with Crippen molar-refractivity contribution in [2.75, 3.05) is 0 Å². The normalized spacial score (nSPS) is 12.8. The van der Waals surface area contributed by atoms with E-state index >= 15 is 0 Å². The molecule has 1 atom stereocenters. The molecule has 4 N–H and O–H groups in total. The van der Waals surface area contributed by atoms with Gasteiger partial charge in [0.25, 0.3) is 0 Å². The lowest BCUT2D eigenvalue weighted by molar-refractivity contribution is -0.121. The number of aromatic amines is 1. The monoisotopic (exact) mass is 210 g/mol. The Balaban J connectivity index is 2.25. The third-order valence-electron chi connectivity index (χ3n) is 2.31. The third kappa shape index (κ3) is 4.12. The molecule has 15 heavy (non-hydrogen) atoms. The van der Waals surface area contributed by atoms with Crippen LogP contribution in [0.15, 0.2) is 12.3 Å². The van der Waals surface area contributed by atoms with Crippen LogP contribution in [0, 0.1) is 5.92 Å². The van der Waals surface area contributed by atoms with E-state index < -0.39 is 0 Å². The van der Waals surface area contributed by atoms with Crippen molar-refractivity contribution in [3.63, 3.8) is 0 Å². The highest BCUT2D eigenvalue weighted by Crippen LogP contribution is 2.02. The summed E-state index contributed by atoms with van der Waals surface area (Å²) in [6, 6.07) is 1.75. The van der Waals surface area contributed by atoms with Gasteiger partial charge in [0, 0.05) is 18.7 Å². The molecule has 0 bridgehead atoms. The van der Waals surface area contributed by atoms with Crippen molar-refractivity contribution in [1.29, 1.82) is 0 Å². The summed E-state index contributed by atoms with van der Waals surface area (Å²) in [5.41, 5.74) is 6.68. The molecular weight excluding hydrogens is 192 g/mol. The lowest BCUT2D eigenvalue weighted by Crippen LogP contribution is -2.34. The van der Waals surface area contributed by atoms with Crippen LogP contribution in [0.2, 0.25) is 0 Å². The van der Waals surface area contributed by atoms with E-state index in [-0.39, 0.29) is 11.9 Å². The first-order chi connectivity index (χ1) is 7.09. The van der Waals surface area contributed by atoms with Crippen molar-refractivity contribution in [2.45, 2.75) is 32.9 Å². The molecule has 0 radical (unpaired) electrons. The number of nitrogens with two attached hydrogens (primary N) is 1. The van der Waals surface area contributed by atoms with E-state index in [4.69, 9.17) is 5.73 Å². The van der Waals surface area contributed by atoms with E-state index in [1.165, 1.54) is 0 Å². The Labute approximate surface area is 89.4 Å². The molecule has 0 spiro atoms. The number of aromatic nitrogens is 2. The van der Waals surface area contributed by atoms with Crippen LogP contribution in [0.25, 0.3) is 0 Å². The highest BCUT2D eigenvalue weighted by Gasteiger charge is 2.12. The first-order valence-electron chi connectivity index (χ1n) is 5.10. The van der Waals surface area contributed by atoms with E-state index in [1.54, 1.807) is 6.20 Å². The first-order valence-corrected chi connectivity index (χ1v) is 5.10. The standard InChI is InChI=1S/C10H18N4O/c1-7(2)9(11)5-10(15)12-6-8-3-4-13-14-8/h3-4,7,9H,5-6,11H2,1-2H3,(H,12,15)(H,13,14). The summed E-state index contributed by atoms with van der Waals surface area (Å²) in [5.74, 6) is 0.300. The molecule has 1 aromatic heterocycles. The Hall–Kier alpha value is -1.36. The highest BCUT2D eigenvalue weighted by atomic mass is 16.1. The van der Waals surface area contributed by atoms with Gasteiger partial charge in [0.15, 0.2) is 0 Å². The fourth-order valence-corrected chi connectivity index (χ4v) is 1.10. The zero-order chi connectivity index (χ0) is 11.3. The van der Waals surface area contributed by atoms with Crippen molar-refractivity contribution in [2.24, 2.45) is 11.7 Å². The van der Waals surface area contributed by atoms with Crippen LogP contribution >= 0.6 is 0 Å². The Morgan fingerprint density at radius 1 is 1.67 bits per heavy atom. The Kier molecular flexibility index (Phi) is 4.30. The van der Waals surface area contributed by atoms with Gasteiger partial charge in [-0.3, -0.25) is 9.89 Å². The van der Waals surface area contributed by atoms with Gasteiger partial charge in [-0.05, 0) is 12.0 Å². The summed E-state index contributed by atoms with van der Waals surface area (Å²) in [4.78, 5) is 11.4. The number of amides is 1. The summed E-state index contributed by atoms with van der Waals surface area (Å²) >= 11 is 0. The zero-order valence-electron chi connectivity index (χ0n) is 9.16. The Morgan fingerprint density at radius 3 is 2.93 bits per heavy atom. The number of carbonyl (C=O) groups is 1. The largest absolute Gasteiger partial charge is 0.350 e. The summed E-state index contributed by atoms with van der Waals surface area (Å²) in [6.45, 7) is 4.49. The lowest BCUT2D eigenvalue weighted by Gasteiger charge is -2.14. The van der Waals surface area contributed by atoms with Crippen molar-refractivity contribution in [3.05, 3.63) is 18.0 Å². The highest BCUT2D eigenvalue weighted by molar-refractivity contribution is 5.76. The van der Waals surface area contributed by atoms with Gasteiger partial charge in [-0.25, -0.2) is 0 Å². The molecule has 5 heteroatoms. The molecule has 0 aliphatic rings. The van der Waals surface area contributed by atoms with Gasteiger partial charge in [0.1, 0.15) is 0 Å². The topological polar surface area (TPSA) is 83.8 Å². The first kappa shape index (κ1) is 11.7. The molecule has 0 aliphatic heterocycles. The second kappa shape index (κ2) is 5.50. The van der Waals surface area contributed by atoms with Crippen molar-refractivity contribution in [3.8, 4) is 0 Å². The molecule has 0 aliphatic carbocycles. The van der Waals surface area contributed by atoms with Crippen molar-refractivity contribution < 1.29 is 4.79 Å². The van der Waals surface area contributed by atoms with E-state index in [9.17, 15) is 4.79 Å². The second-order valence-corrected chi connectivity index (χ2v) is 3.97. The van der Waals surface area contributed by atoms with Crippen molar-refractivity contribution in [1.82, 2.24) is 15.5 Å². The number of hydrogen-bond acceptors (Lipinski definition) is 3. The molecule has 0 saturated heterocycles. The number of carbonyl (C=O) groups excluding carboxylic acids is 1. The lowest BCUT2D eigenvalue weighted by atomic mass is 10.0. The summed E-state index contributed by atoms with van der Waals surface area (Å²) in [6.07, 6.45) is 2.02. The third-order valence-corrected chi connectivity index (χ3v) is 2.31. The quantitative estimate of drug-likeness (QED) is 0.657. The molecule has 0 saturated carbocycles. The molecule has 1 unspecified atom stereocenters. The molecular formula is C10H18N4O. The maximum Gasteiger partial charge on any atom is 0.221 e. The zero-order valence-corrected chi connectivity index (χ0v) is 9.16. The van der Waals surface area contributed by atoms with E-state index in [0.29, 0.717) is 18.9 Å². The average Bonchev–Trinajstić information content (AvgIpc) is 2.66. The van der Waals surface area contributed by atoms with Gasteiger partial charge in [-0.2, -0.15) is 5.10 Å². The number of hydrogen-bond donors (Lipinski definition) is 3. The maximum absolute atomic E-state index is 11.4. The molecule has 0 aromatic carbocycles.